The molecular formula is C16H17F3NO3PS-2. The number of aryl methyl sites for hydroxylation is 1. The average Bonchev–Trinajstić information content (AvgIpc) is 2.89. The summed E-state index contributed by atoms with van der Waals surface area (Å²) >= 11 is 1.04. The molecule has 0 bridgehead atoms. The molecule has 0 N–H and O–H groups in total. The van der Waals surface area contributed by atoms with Crippen molar-refractivity contribution in [1.82, 2.24) is 4.98 Å². The second-order valence-corrected chi connectivity index (χ2v) is 8.59. The van der Waals surface area contributed by atoms with Gasteiger partial charge in [0.1, 0.15) is 5.01 Å². The lowest BCUT2D eigenvalue weighted by atomic mass is 9.99. The maximum absolute atomic E-state index is 12.7. The van der Waals surface area contributed by atoms with Crippen molar-refractivity contribution < 1.29 is 27.5 Å². The maximum Gasteiger partial charge on any atom is 0.416 e. The van der Waals surface area contributed by atoms with Gasteiger partial charge in [0, 0.05) is 15.6 Å². The molecule has 0 saturated heterocycles. The lowest BCUT2D eigenvalue weighted by molar-refractivity contribution is -0.321. The normalized spacial score (nSPS) is 13.3. The predicted octanol–water partition coefficient (Wildman–Crippen LogP) is 4.07. The van der Waals surface area contributed by atoms with E-state index in [-0.39, 0.29) is 12.8 Å². The van der Waals surface area contributed by atoms with Gasteiger partial charge in [0.25, 0.3) is 0 Å². The molecule has 0 aliphatic rings. The summed E-state index contributed by atoms with van der Waals surface area (Å²) < 4.78 is 49.9. The van der Waals surface area contributed by atoms with Gasteiger partial charge in [-0.05, 0) is 31.9 Å². The van der Waals surface area contributed by atoms with Crippen molar-refractivity contribution in [3.8, 4) is 10.6 Å². The van der Waals surface area contributed by atoms with Gasteiger partial charge >= 0.3 is 6.18 Å². The van der Waals surface area contributed by atoms with Gasteiger partial charge in [-0.3, -0.25) is 0 Å². The Morgan fingerprint density at radius 2 is 1.64 bits per heavy atom. The molecule has 25 heavy (non-hydrogen) atoms. The second kappa shape index (κ2) is 6.83. The number of hydrogen-bond donors (Lipinski definition) is 0. The minimum atomic E-state index is -4.94. The van der Waals surface area contributed by atoms with E-state index >= 15 is 0 Å². The van der Waals surface area contributed by atoms with Gasteiger partial charge in [-0.1, -0.05) is 33.6 Å². The molecule has 0 aliphatic carbocycles. The summed E-state index contributed by atoms with van der Waals surface area (Å²) in [4.78, 5) is 28.4. The zero-order valence-corrected chi connectivity index (χ0v) is 15.6. The van der Waals surface area contributed by atoms with Gasteiger partial charge in [-0.25, -0.2) is 4.98 Å². The molecule has 2 aromatic rings. The van der Waals surface area contributed by atoms with Crippen molar-refractivity contribution in [3.05, 3.63) is 40.4 Å². The third-order valence-corrected chi connectivity index (χ3v) is 7.84. The summed E-state index contributed by atoms with van der Waals surface area (Å²) in [6.45, 7) is 4.86. The van der Waals surface area contributed by atoms with Crippen LogP contribution in [0.2, 0.25) is 0 Å². The molecule has 0 radical (unpaired) electrons. The van der Waals surface area contributed by atoms with Crippen LogP contribution in [0.25, 0.3) is 10.6 Å². The molecule has 2 rings (SSSR count). The van der Waals surface area contributed by atoms with E-state index in [1.165, 1.54) is 12.1 Å². The number of aromatic nitrogens is 1. The number of benzene rings is 1. The Bertz CT molecular complexity index is 792. The first-order valence-electron chi connectivity index (χ1n) is 7.64. The minimum absolute atomic E-state index is 0.114. The maximum atomic E-state index is 12.7. The Labute approximate surface area is 147 Å². The number of rotatable bonds is 5. The van der Waals surface area contributed by atoms with Crippen LogP contribution in [0, 0.1) is 6.92 Å². The Morgan fingerprint density at radius 1 is 1.12 bits per heavy atom. The van der Waals surface area contributed by atoms with E-state index in [0.717, 1.165) is 23.5 Å². The smallest absolute Gasteiger partial charge is 0.416 e. The van der Waals surface area contributed by atoms with Crippen LogP contribution in [0.3, 0.4) is 0 Å². The van der Waals surface area contributed by atoms with E-state index in [1.807, 2.05) is 0 Å². The van der Waals surface area contributed by atoms with Crippen LogP contribution < -0.4 is 9.79 Å². The monoisotopic (exact) mass is 391 g/mol. The van der Waals surface area contributed by atoms with Crippen molar-refractivity contribution in [2.24, 2.45) is 0 Å². The van der Waals surface area contributed by atoms with E-state index in [1.54, 1.807) is 20.8 Å². The highest BCUT2D eigenvalue weighted by molar-refractivity contribution is 7.50. The third kappa shape index (κ3) is 3.67. The number of alkyl halides is 3. The Balaban J connectivity index is 2.52. The zero-order chi connectivity index (χ0) is 19.0. The molecule has 0 fully saturated rings. The molecule has 0 atom stereocenters. The largest absolute Gasteiger partial charge is 0.810 e. The van der Waals surface area contributed by atoms with Crippen LogP contribution in [0.15, 0.2) is 24.3 Å². The lowest BCUT2D eigenvalue weighted by Gasteiger charge is -2.48. The highest BCUT2D eigenvalue weighted by Crippen LogP contribution is 2.58. The van der Waals surface area contributed by atoms with Gasteiger partial charge in [0.2, 0.25) is 0 Å². The van der Waals surface area contributed by atoms with Crippen LogP contribution in [-0.4, -0.2) is 4.98 Å². The quantitative estimate of drug-likeness (QED) is 0.720. The molecule has 1 aromatic carbocycles. The molecule has 0 amide bonds. The first-order chi connectivity index (χ1) is 11.5. The summed E-state index contributed by atoms with van der Waals surface area (Å²) in [6.07, 6.45) is -4.20. The molecule has 138 valence electrons. The van der Waals surface area contributed by atoms with Crippen molar-refractivity contribution in [2.45, 2.75) is 44.9 Å². The van der Waals surface area contributed by atoms with Gasteiger partial charge in [0.05, 0.1) is 11.3 Å². The summed E-state index contributed by atoms with van der Waals surface area (Å²) in [6, 6.07) is 4.48. The van der Waals surface area contributed by atoms with E-state index in [4.69, 9.17) is 0 Å². The van der Waals surface area contributed by atoms with Crippen molar-refractivity contribution in [2.75, 3.05) is 0 Å². The highest BCUT2D eigenvalue weighted by Gasteiger charge is 2.36. The van der Waals surface area contributed by atoms with Crippen LogP contribution in [-0.2, 0) is 15.9 Å². The Kier molecular flexibility index (Phi) is 5.50. The molecule has 9 heteroatoms. The number of thiazole rings is 1. The number of nitrogens with zero attached hydrogens (tertiary/aromatic N) is 1. The van der Waals surface area contributed by atoms with Crippen LogP contribution in [0.5, 0.6) is 0 Å². The molecule has 4 nitrogen and oxygen atoms in total. The average molecular weight is 391 g/mol. The second-order valence-electron chi connectivity index (χ2n) is 5.74. The first kappa shape index (κ1) is 20.1. The first-order valence-corrected chi connectivity index (χ1v) is 10.00. The fraction of sp³-hybridized carbons (Fsp3) is 0.438. The van der Waals surface area contributed by atoms with Crippen molar-refractivity contribution in [3.63, 3.8) is 0 Å². The molecule has 0 unspecified atom stereocenters. The Morgan fingerprint density at radius 3 is 2.04 bits per heavy atom. The highest BCUT2D eigenvalue weighted by atomic mass is 32.1. The van der Waals surface area contributed by atoms with Crippen LogP contribution >= 0.6 is 18.9 Å². The Hall–Kier alpha value is -1.21. The van der Waals surface area contributed by atoms with Gasteiger partial charge in [-0.2, -0.15) is 13.2 Å². The van der Waals surface area contributed by atoms with E-state index in [2.05, 4.69) is 4.98 Å². The molecule has 0 aliphatic heterocycles. The number of halogens is 3. The van der Waals surface area contributed by atoms with Crippen LogP contribution in [0.4, 0.5) is 13.2 Å². The van der Waals surface area contributed by atoms with Gasteiger partial charge < -0.3 is 14.4 Å². The van der Waals surface area contributed by atoms with Crippen LogP contribution in [0.1, 0.15) is 42.8 Å². The summed E-state index contributed by atoms with van der Waals surface area (Å²) in [7, 11) is -4.94. The fourth-order valence-electron chi connectivity index (χ4n) is 2.84. The molecule has 1 aromatic heterocycles. The predicted molar refractivity (Wildman–Crippen MR) is 87.2 cm³/mol. The molecule has 1 heterocycles. The number of hydrogen-bond acceptors (Lipinski definition) is 5. The van der Waals surface area contributed by atoms with E-state index in [9.17, 15) is 27.5 Å². The van der Waals surface area contributed by atoms with Crippen molar-refractivity contribution >= 4 is 18.9 Å². The summed E-state index contributed by atoms with van der Waals surface area (Å²) in [5.74, 6) is 0. The summed E-state index contributed by atoms with van der Waals surface area (Å²) in [5, 5.41) is -1.15. The zero-order valence-electron chi connectivity index (χ0n) is 13.9. The van der Waals surface area contributed by atoms with E-state index < -0.39 is 24.5 Å². The van der Waals surface area contributed by atoms with Crippen molar-refractivity contribution in [1.29, 1.82) is 0 Å². The minimum Gasteiger partial charge on any atom is -0.810 e. The standard InChI is InChI=1S/C16H19F3NO3PS/c1-4-15(5-2,24(21,22)23)13-10(3)20-14(25-13)11-6-8-12(9-7-11)16(17,18)19/h6-9H,4-5H2,1-3H3,(H2,21,22,23)/p-2. The fourth-order valence-corrected chi connectivity index (χ4v) is 5.80. The van der Waals surface area contributed by atoms with E-state index in [0.29, 0.717) is 21.1 Å². The lowest BCUT2D eigenvalue weighted by Crippen LogP contribution is -2.36. The summed E-state index contributed by atoms with van der Waals surface area (Å²) in [5.41, 5.74) is 0.0837. The third-order valence-electron chi connectivity index (χ3n) is 4.37. The topological polar surface area (TPSA) is 76.1 Å². The van der Waals surface area contributed by atoms with Gasteiger partial charge in [0.15, 0.2) is 0 Å². The molecular weight excluding hydrogens is 374 g/mol. The molecule has 0 saturated carbocycles. The molecule has 0 spiro atoms. The SMILES string of the molecule is CCC(CC)(c1sc(-c2ccc(C(F)(F)F)cc2)nc1C)P(=O)([O-])[O-]. The van der Waals surface area contributed by atoms with Gasteiger partial charge in [-0.15, -0.1) is 11.3 Å².